The highest BCUT2D eigenvalue weighted by Gasteiger charge is 2.23. The van der Waals surface area contributed by atoms with E-state index in [1.807, 2.05) is 0 Å². The first-order chi connectivity index (χ1) is 10.5. The van der Waals surface area contributed by atoms with Gasteiger partial charge in [-0.15, -0.1) is 0 Å². The number of alkyl halides is 2. The Kier molecular flexibility index (Phi) is 5.26. The van der Waals surface area contributed by atoms with Crippen molar-refractivity contribution in [1.29, 1.82) is 0 Å². The molecule has 0 spiro atoms. The minimum absolute atomic E-state index is 0.0690. The number of carbonyl (C=O) groups is 2. The largest absolute Gasteiger partial charge is 0.435 e. The number of carbonyl (C=O) groups excluding carboxylic acids is 2. The molecule has 0 fully saturated rings. The third-order valence-corrected chi connectivity index (χ3v) is 3.32. The monoisotopic (exact) mass is 313 g/mol. The zero-order valence-corrected chi connectivity index (χ0v) is 11.9. The molecule has 3 N–H and O–H groups in total. The Morgan fingerprint density at radius 3 is 2.86 bits per heavy atom. The van der Waals surface area contributed by atoms with Gasteiger partial charge < -0.3 is 20.7 Å². The van der Waals surface area contributed by atoms with Crippen molar-refractivity contribution in [2.45, 2.75) is 19.5 Å². The summed E-state index contributed by atoms with van der Waals surface area (Å²) in [7, 11) is 0. The fourth-order valence-corrected chi connectivity index (χ4v) is 2.35. The summed E-state index contributed by atoms with van der Waals surface area (Å²) in [6.45, 7) is -2.70. The van der Waals surface area contributed by atoms with Crippen molar-refractivity contribution < 1.29 is 23.1 Å². The SMILES string of the molecule is NCC(=O)NCC(=O)N1CCCc2cc(OC(F)F)ccc21. The average Bonchev–Trinajstić information content (AvgIpc) is 2.50. The lowest BCUT2D eigenvalue weighted by molar-refractivity contribution is -0.124. The van der Waals surface area contributed by atoms with Crippen LogP contribution in [0, 0.1) is 0 Å². The molecule has 0 radical (unpaired) electrons. The molecule has 1 aromatic rings. The van der Waals surface area contributed by atoms with E-state index in [1.54, 1.807) is 6.07 Å². The van der Waals surface area contributed by atoms with Crippen molar-refractivity contribution in [2.75, 3.05) is 24.5 Å². The summed E-state index contributed by atoms with van der Waals surface area (Å²) in [6.07, 6.45) is 1.39. The van der Waals surface area contributed by atoms with Crippen LogP contribution in [-0.4, -0.2) is 38.1 Å². The molecule has 0 unspecified atom stereocenters. The van der Waals surface area contributed by atoms with Gasteiger partial charge in [0.15, 0.2) is 0 Å². The van der Waals surface area contributed by atoms with E-state index in [-0.39, 0.29) is 24.7 Å². The maximum absolute atomic E-state index is 12.2. The first-order valence-electron chi connectivity index (χ1n) is 6.86. The quantitative estimate of drug-likeness (QED) is 0.835. The van der Waals surface area contributed by atoms with Gasteiger partial charge in [0.2, 0.25) is 11.8 Å². The van der Waals surface area contributed by atoms with Gasteiger partial charge in [0.1, 0.15) is 5.75 Å². The molecular weight excluding hydrogens is 296 g/mol. The van der Waals surface area contributed by atoms with Gasteiger partial charge in [-0.1, -0.05) is 0 Å². The van der Waals surface area contributed by atoms with Crippen molar-refractivity contribution in [1.82, 2.24) is 5.32 Å². The van der Waals surface area contributed by atoms with Crippen LogP contribution in [0.4, 0.5) is 14.5 Å². The Hall–Kier alpha value is -2.22. The molecule has 8 heteroatoms. The normalized spacial score (nSPS) is 13.7. The topological polar surface area (TPSA) is 84.7 Å². The number of amides is 2. The number of nitrogens with one attached hydrogen (secondary N) is 1. The smallest absolute Gasteiger partial charge is 0.387 e. The first kappa shape index (κ1) is 16.2. The van der Waals surface area contributed by atoms with Gasteiger partial charge in [0.25, 0.3) is 0 Å². The van der Waals surface area contributed by atoms with E-state index in [0.717, 1.165) is 5.56 Å². The number of ether oxygens (including phenoxy) is 1. The minimum atomic E-state index is -2.88. The predicted molar refractivity (Wildman–Crippen MR) is 75.8 cm³/mol. The third kappa shape index (κ3) is 3.91. The number of aryl methyl sites for hydroxylation is 1. The van der Waals surface area contributed by atoms with Crippen LogP contribution in [0.25, 0.3) is 0 Å². The number of fused-ring (bicyclic) bond motifs is 1. The zero-order chi connectivity index (χ0) is 16.1. The van der Waals surface area contributed by atoms with Crippen molar-refractivity contribution in [3.05, 3.63) is 23.8 Å². The minimum Gasteiger partial charge on any atom is -0.435 e. The van der Waals surface area contributed by atoms with Crippen molar-refractivity contribution in [2.24, 2.45) is 5.73 Å². The Balaban J connectivity index is 2.11. The average molecular weight is 313 g/mol. The summed E-state index contributed by atoms with van der Waals surface area (Å²) in [4.78, 5) is 24.8. The van der Waals surface area contributed by atoms with Gasteiger partial charge in [0, 0.05) is 12.2 Å². The number of nitrogens with zero attached hydrogens (tertiary/aromatic N) is 1. The number of hydrogen-bond donors (Lipinski definition) is 2. The summed E-state index contributed by atoms with van der Waals surface area (Å²) in [5, 5.41) is 2.42. The summed E-state index contributed by atoms with van der Waals surface area (Å²) < 4.78 is 28.8. The Morgan fingerprint density at radius 1 is 1.41 bits per heavy atom. The van der Waals surface area contributed by atoms with Crippen LogP contribution in [0.1, 0.15) is 12.0 Å². The number of hydrogen-bond acceptors (Lipinski definition) is 4. The van der Waals surface area contributed by atoms with Crippen molar-refractivity contribution in [3.63, 3.8) is 0 Å². The molecule has 0 atom stereocenters. The second-order valence-corrected chi connectivity index (χ2v) is 4.80. The van der Waals surface area contributed by atoms with E-state index in [9.17, 15) is 18.4 Å². The molecule has 1 aromatic carbocycles. The Morgan fingerprint density at radius 2 is 2.18 bits per heavy atom. The van der Waals surface area contributed by atoms with Gasteiger partial charge >= 0.3 is 6.61 Å². The highest BCUT2D eigenvalue weighted by molar-refractivity contribution is 5.97. The summed E-state index contributed by atoms with van der Waals surface area (Å²) in [5.41, 5.74) is 6.58. The highest BCUT2D eigenvalue weighted by atomic mass is 19.3. The van der Waals surface area contributed by atoms with Crippen molar-refractivity contribution in [3.8, 4) is 5.75 Å². The molecule has 22 heavy (non-hydrogen) atoms. The molecule has 2 amide bonds. The molecule has 0 aromatic heterocycles. The lowest BCUT2D eigenvalue weighted by atomic mass is 10.0. The molecule has 120 valence electrons. The van der Waals surface area contributed by atoms with E-state index in [0.29, 0.717) is 25.1 Å². The molecular formula is C14H17F2N3O3. The van der Waals surface area contributed by atoms with Crippen molar-refractivity contribution >= 4 is 17.5 Å². The Bertz CT molecular complexity index is 566. The molecule has 1 aliphatic heterocycles. The molecule has 0 saturated carbocycles. The van der Waals surface area contributed by atoms with Gasteiger partial charge in [-0.25, -0.2) is 0 Å². The lowest BCUT2D eigenvalue weighted by Gasteiger charge is -2.30. The van der Waals surface area contributed by atoms with E-state index in [4.69, 9.17) is 5.73 Å². The highest BCUT2D eigenvalue weighted by Crippen LogP contribution is 2.31. The van der Waals surface area contributed by atoms with Crippen LogP contribution < -0.4 is 20.7 Å². The predicted octanol–water partition coefficient (Wildman–Crippen LogP) is 0.642. The number of anilines is 1. The maximum Gasteiger partial charge on any atom is 0.387 e. The second kappa shape index (κ2) is 7.17. The number of nitrogens with two attached hydrogens (primary N) is 1. The second-order valence-electron chi connectivity index (χ2n) is 4.80. The molecule has 0 aliphatic carbocycles. The third-order valence-electron chi connectivity index (χ3n) is 3.32. The number of benzene rings is 1. The van der Waals surface area contributed by atoms with Gasteiger partial charge in [-0.05, 0) is 36.6 Å². The Labute approximate surface area is 126 Å². The van der Waals surface area contributed by atoms with Gasteiger partial charge in [0.05, 0.1) is 13.1 Å². The van der Waals surface area contributed by atoms with Gasteiger partial charge in [-0.2, -0.15) is 8.78 Å². The van der Waals surface area contributed by atoms with E-state index >= 15 is 0 Å². The zero-order valence-electron chi connectivity index (χ0n) is 11.9. The summed E-state index contributed by atoms with van der Waals surface area (Å²) >= 11 is 0. The van der Waals surface area contributed by atoms with Crippen LogP contribution in [0.2, 0.25) is 0 Å². The van der Waals surface area contributed by atoms with Gasteiger partial charge in [-0.3, -0.25) is 9.59 Å². The van der Waals surface area contributed by atoms with Crippen LogP contribution in [-0.2, 0) is 16.0 Å². The van der Waals surface area contributed by atoms with Crippen LogP contribution in [0.3, 0.4) is 0 Å². The van der Waals surface area contributed by atoms with Crippen LogP contribution in [0.5, 0.6) is 5.75 Å². The fourth-order valence-electron chi connectivity index (χ4n) is 2.35. The molecule has 0 bridgehead atoms. The first-order valence-corrected chi connectivity index (χ1v) is 6.86. The molecule has 1 aliphatic rings. The standard InChI is InChI=1S/C14H17F2N3O3/c15-14(16)22-10-3-4-11-9(6-10)2-1-5-19(11)13(21)8-18-12(20)7-17/h3-4,6,14H,1-2,5,7-8,17H2,(H,18,20). The van der Waals surface area contributed by atoms with Crippen LogP contribution in [0.15, 0.2) is 18.2 Å². The number of rotatable bonds is 5. The fraction of sp³-hybridized carbons (Fsp3) is 0.429. The number of halogens is 2. The van der Waals surface area contributed by atoms with E-state index < -0.39 is 12.5 Å². The summed E-state index contributed by atoms with van der Waals surface area (Å²) in [6, 6.07) is 4.49. The molecule has 1 heterocycles. The van der Waals surface area contributed by atoms with Crippen LogP contribution >= 0.6 is 0 Å². The molecule has 6 nitrogen and oxygen atoms in total. The van der Waals surface area contributed by atoms with E-state index in [2.05, 4.69) is 10.1 Å². The van der Waals surface area contributed by atoms with E-state index in [1.165, 1.54) is 17.0 Å². The molecule has 2 rings (SSSR count). The maximum atomic E-state index is 12.2. The molecule has 0 saturated heterocycles. The summed E-state index contributed by atoms with van der Waals surface area (Å²) in [5.74, 6) is -0.615. The lowest BCUT2D eigenvalue weighted by Crippen LogP contribution is -2.43.